The average Bonchev–Trinajstić information content (AvgIpc) is 2.86. The Kier molecular flexibility index (Phi) is 6.68. The Morgan fingerprint density at radius 1 is 1.48 bits per heavy atom. The lowest BCUT2D eigenvalue weighted by molar-refractivity contribution is 0.460. The minimum absolute atomic E-state index is 0.0651. The molecule has 0 radical (unpaired) electrons. The van der Waals surface area contributed by atoms with Crippen LogP contribution in [0.15, 0.2) is 23.2 Å². The second-order valence-corrected chi connectivity index (χ2v) is 9.47. The zero-order chi connectivity index (χ0) is 18.6. The molecule has 0 amide bonds. The maximum atomic E-state index is 13.6. The van der Waals surface area contributed by atoms with Gasteiger partial charge in [-0.1, -0.05) is 17.7 Å². The van der Waals surface area contributed by atoms with Crippen LogP contribution in [0.5, 0.6) is 0 Å². The third kappa shape index (κ3) is 6.15. The van der Waals surface area contributed by atoms with E-state index in [1.807, 2.05) is 25.8 Å². The first-order chi connectivity index (χ1) is 11.7. The van der Waals surface area contributed by atoms with Crippen LogP contribution in [0.2, 0.25) is 5.02 Å². The first-order valence-corrected chi connectivity index (χ1v) is 10.5. The monoisotopic (exact) mass is 389 g/mol. The number of aliphatic imine (C=N–C) groups is 1. The van der Waals surface area contributed by atoms with Crippen LogP contribution in [-0.4, -0.2) is 50.4 Å². The molecule has 1 aliphatic rings. The fourth-order valence-corrected chi connectivity index (χ4v) is 4.72. The Bertz CT molecular complexity index is 737. The second-order valence-electron chi connectivity index (χ2n) is 6.84. The molecular weight excluding hydrogens is 365 g/mol. The van der Waals surface area contributed by atoms with Crippen molar-refractivity contribution in [2.45, 2.75) is 32.9 Å². The fourth-order valence-electron chi connectivity index (χ4n) is 2.75. The van der Waals surface area contributed by atoms with Gasteiger partial charge in [-0.25, -0.2) is 12.8 Å². The molecule has 1 fully saturated rings. The summed E-state index contributed by atoms with van der Waals surface area (Å²) < 4.78 is 36.8. The lowest BCUT2D eigenvalue weighted by atomic mass is 10.1. The maximum Gasteiger partial charge on any atom is 0.194 e. The number of benzene rings is 1. The standard InChI is InChI=1S/C17H25ClFN3O2S/c1-12(2)21-17(20-9-14-6-7-25(23,24)11-14)22(3)10-13-4-5-15(18)16(19)8-13/h4-5,8,12,14H,6-7,9-11H2,1-3H3,(H,20,21). The Labute approximate surface area is 154 Å². The molecule has 1 aromatic rings. The molecule has 0 saturated carbocycles. The van der Waals surface area contributed by atoms with Crippen molar-refractivity contribution >= 4 is 27.4 Å². The first-order valence-electron chi connectivity index (χ1n) is 8.33. The number of halogens is 2. The van der Waals surface area contributed by atoms with Gasteiger partial charge in [0, 0.05) is 26.2 Å². The largest absolute Gasteiger partial charge is 0.354 e. The summed E-state index contributed by atoms with van der Waals surface area (Å²) in [5.41, 5.74) is 0.783. The summed E-state index contributed by atoms with van der Waals surface area (Å²) in [4.78, 5) is 6.49. The minimum atomic E-state index is -2.90. The molecule has 1 aromatic carbocycles. The van der Waals surface area contributed by atoms with Crippen LogP contribution >= 0.6 is 11.6 Å². The van der Waals surface area contributed by atoms with E-state index in [1.54, 1.807) is 6.07 Å². The molecule has 140 valence electrons. The quantitative estimate of drug-likeness (QED) is 0.621. The smallest absolute Gasteiger partial charge is 0.194 e. The average molecular weight is 390 g/mol. The van der Waals surface area contributed by atoms with Crippen molar-refractivity contribution in [3.63, 3.8) is 0 Å². The summed E-state index contributed by atoms with van der Waals surface area (Å²) in [6, 6.07) is 4.90. The number of nitrogens with one attached hydrogen (secondary N) is 1. The van der Waals surface area contributed by atoms with Gasteiger partial charge in [0.2, 0.25) is 0 Å². The fraction of sp³-hybridized carbons (Fsp3) is 0.588. The van der Waals surface area contributed by atoms with E-state index in [1.165, 1.54) is 12.1 Å². The van der Waals surface area contributed by atoms with Gasteiger partial charge < -0.3 is 10.2 Å². The highest BCUT2D eigenvalue weighted by atomic mass is 35.5. The van der Waals surface area contributed by atoms with Gasteiger partial charge in [-0.05, 0) is 43.9 Å². The molecule has 0 spiro atoms. The number of hydrogen-bond acceptors (Lipinski definition) is 3. The highest BCUT2D eigenvalue weighted by Gasteiger charge is 2.27. The third-order valence-corrected chi connectivity index (χ3v) is 6.15. The molecule has 1 aliphatic heterocycles. The third-order valence-electron chi connectivity index (χ3n) is 4.01. The van der Waals surface area contributed by atoms with Gasteiger partial charge in [0.05, 0.1) is 16.5 Å². The van der Waals surface area contributed by atoms with E-state index in [2.05, 4.69) is 10.3 Å². The summed E-state index contributed by atoms with van der Waals surface area (Å²) in [6.07, 6.45) is 0.660. The van der Waals surface area contributed by atoms with Crippen LogP contribution in [0.3, 0.4) is 0 Å². The molecule has 5 nitrogen and oxygen atoms in total. The van der Waals surface area contributed by atoms with Crippen LogP contribution in [0, 0.1) is 11.7 Å². The highest BCUT2D eigenvalue weighted by molar-refractivity contribution is 7.91. The summed E-state index contributed by atoms with van der Waals surface area (Å²) >= 11 is 5.72. The molecule has 0 aromatic heterocycles. The van der Waals surface area contributed by atoms with Crippen LogP contribution in [0.1, 0.15) is 25.8 Å². The normalized spacial score (nSPS) is 20.1. The number of hydrogen-bond donors (Lipinski definition) is 1. The molecule has 25 heavy (non-hydrogen) atoms. The van der Waals surface area contributed by atoms with Crippen molar-refractivity contribution in [3.05, 3.63) is 34.6 Å². The lowest BCUT2D eigenvalue weighted by Gasteiger charge is -2.25. The van der Waals surface area contributed by atoms with E-state index >= 15 is 0 Å². The summed E-state index contributed by atoms with van der Waals surface area (Å²) in [5, 5.41) is 3.38. The van der Waals surface area contributed by atoms with E-state index < -0.39 is 15.7 Å². The summed E-state index contributed by atoms with van der Waals surface area (Å²) in [7, 11) is -1.03. The predicted octanol–water partition coefficient (Wildman–Crippen LogP) is 2.70. The highest BCUT2D eigenvalue weighted by Crippen LogP contribution is 2.19. The zero-order valence-corrected chi connectivity index (χ0v) is 16.4. The van der Waals surface area contributed by atoms with Gasteiger partial charge in [0.25, 0.3) is 0 Å². The van der Waals surface area contributed by atoms with Crippen LogP contribution in [-0.2, 0) is 16.4 Å². The first kappa shape index (κ1) is 20.0. The predicted molar refractivity (Wildman–Crippen MR) is 100 cm³/mol. The summed E-state index contributed by atoms with van der Waals surface area (Å²) in [5.74, 6) is 0.751. The van der Waals surface area contributed by atoms with Gasteiger partial charge in [0.15, 0.2) is 15.8 Å². The van der Waals surface area contributed by atoms with Crippen molar-refractivity contribution in [1.82, 2.24) is 10.2 Å². The molecule has 1 atom stereocenters. The van der Waals surface area contributed by atoms with Crippen molar-refractivity contribution < 1.29 is 12.8 Å². The molecule has 1 saturated heterocycles. The van der Waals surface area contributed by atoms with Gasteiger partial charge in [0.1, 0.15) is 5.82 Å². The Hall–Kier alpha value is -1.34. The molecule has 0 aliphatic carbocycles. The van der Waals surface area contributed by atoms with Crippen molar-refractivity contribution in [2.24, 2.45) is 10.9 Å². The van der Waals surface area contributed by atoms with E-state index in [0.29, 0.717) is 25.5 Å². The van der Waals surface area contributed by atoms with Gasteiger partial charge in [-0.3, -0.25) is 4.99 Å². The molecule has 1 unspecified atom stereocenters. The van der Waals surface area contributed by atoms with Crippen molar-refractivity contribution in [3.8, 4) is 0 Å². The van der Waals surface area contributed by atoms with E-state index in [0.717, 1.165) is 5.56 Å². The Balaban J connectivity index is 2.07. The second kappa shape index (κ2) is 8.36. The Morgan fingerprint density at radius 2 is 2.20 bits per heavy atom. The maximum absolute atomic E-state index is 13.6. The SMILES string of the molecule is CC(C)NC(=NCC1CCS(=O)(=O)C1)N(C)Cc1ccc(Cl)c(F)c1. The molecule has 1 N–H and O–H groups in total. The van der Waals surface area contributed by atoms with Crippen LogP contribution in [0.25, 0.3) is 0 Å². The number of nitrogens with zero attached hydrogens (tertiary/aromatic N) is 2. The van der Waals surface area contributed by atoms with Gasteiger partial charge >= 0.3 is 0 Å². The number of sulfone groups is 1. The van der Waals surface area contributed by atoms with E-state index in [9.17, 15) is 12.8 Å². The lowest BCUT2D eigenvalue weighted by Crippen LogP contribution is -2.42. The van der Waals surface area contributed by atoms with Crippen LogP contribution in [0.4, 0.5) is 4.39 Å². The van der Waals surface area contributed by atoms with Gasteiger partial charge in [-0.15, -0.1) is 0 Å². The topological polar surface area (TPSA) is 61.8 Å². The summed E-state index contributed by atoms with van der Waals surface area (Å²) in [6.45, 7) is 4.94. The van der Waals surface area contributed by atoms with Crippen LogP contribution < -0.4 is 5.32 Å². The zero-order valence-electron chi connectivity index (χ0n) is 14.8. The number of rotatable bonds is 5. The van der Waals surface area contributed by atoms with Crippen molar-refractivity contribution in [2.75, 3.05) is 25.1 Å². The van der Waals surface area contributed by atoms with E-state index in [-0.39, 0.29) is 28.5 Å². The molecule has 8 heteroatoms. The molecule has 2 rings (SSSR count). The van der Waals surface area contributed by atoms with Crippen molar-refractivity contribution in [1.29, 1.82) is 0 Å². The molecule has 1 heterocycles. The number of guanidine groups is 1. The molecular formula is C17H25ClFN3O2S. The van der Waals surface area contributed by atoms with Gasteiger partial charge in [-0.2, -0.15) is 0 Å². The Morgan fingerprint density at radius 3 is 2.76 bits per heavy atom. The molecule has 0 bridgehead atoms. The van der Waals surface area contributed by atoms with E-state index in [4.69, 9.17) is 11.6 Å². The minimum Gasteiger partial charge on any atom is -0.354 e.